The molecular weight excluding hydrogens is 338 g/mol. The number of rotatable bonds is 6. The molecule has 0 aliphatic heterocycles. The highest BCUT2D eigenvalue weighted by molar-refractivity contribution is 7.92. The summed E-state index contributed by atoms with van der Waals surface area (Å²) in [5.41, 5.74) is 2.36. The van der Waals surface area contributed by atoms with E-state index in [0.29, 0.717) is 12.1 Å². The Labute approximate surface area is 148 Å². The summed E-state index contributed by atoms with van der Waals surface area (Å²) < 4.78 is 27.4. The number of nitrogens with one attached hydrogen (secondary N) is 1. The van der Waals surface area contributed by atoms with E-state index in [4.69, 9.17) is 0 Å². The number of carbonyl (C=O) groups excluding carboxylic acids is 1. The van der Waals surface area contributed by atoms with Crippen LogP contribution in [0, 0.1) is 0 Å². The Hall–Kier alpha value is -2.34. The van der Waals surface area contributed by atoms with Gasteiger partial charge in [-0.1, -0.05) is 45.0 Å². The number of hydrogen-bond acceptors (Lipinski definition) is 4. The van der Waals surface area contributed by atoms with Gasteiger partial charge in [0, 0.05) is 11.7 Å². The predicted molar refractivity (Wildman–Crippen MR) is 95.7 cm³/mol. The van der Waals surface area contributed by atoms with E-state index in [-0.39, 0.29) is 16.7 Å². The highest BCUT2D eigenvalue weighted by atomic mass is 32.2. The third-order valence-electron chi connectivity index (χ3n) is 3.85. The molecule has 2 aromatic rings. The minimum Gasteiger partial charge on any atom is -0.550 e. The van der Waals surface area contributed by atoms with Crippen molar-refractivity contribution < 1.29 is 18.3 Å². The van der Waals surface area contributed by atoms with Gasteiger partial charge in [-0.3, -0.25) is 4.72 Å². The zero-order valence-electron chi connectivity index (χ0n) is 14.6. The zero-order chi connectivity index (χ0) is 18.7. The SMILES string of the molecule is CC(C)(C)c1ccc(NS(=O)(=O)c2ccc(CCC(=O)[O-])cc2)cc1. The molecule has 5 nitrogen and oxygen atoms in total. The van der Waals surface area contributed by atoms with Crippen LogP contribution in [-0.4, -0.2) is 14.4 Å². The number of sulfonamides is 1. The molecule has 0 saturated heterocycles. The number of benzene rings is 2. The van der Waals surface area contributed by atoms with Crippen molar-refractivity contribution in [2.24, 2.45) is 0 Å². The summed E-state index contributed by atoms with van der Waals surface area (Å²) in [6, 6.07) is 13.5. The molecule has 134 valence electrons. The number of hydrogen-bond donors (Lipinski definition) is 1. The number of carbonyl (C=O) groups is 1. The summed E-state index contributed by atoms with van der Waals surface area (Å²) in [6.07, 6.45) is 0.217. The topological polar surface area (TPSA) is 86.3 Å². The van der Waals surface area contributed by atoms with Crippen LogP contribution < -0.4 is 9.83 Å². The monoisotopic (exact) mass is 360 g/mol. The van der Waals surface area contributed by atoms with Crippen LogP contribution in [0.4, 0.5) is 5.69 Å². The minimum absolute atomic E-state index is 0.00128. The molecule has 0 amide bonds. The molecule has 2 aromatic carbocycles. The van der Waals surface area contributed by atoms with Crippen molar-refractivity contribution >= 4 is 21.7 Å². The lowest BCUT2D eigenvalue weighted by molar-refractivity contribution is -0.305. The molecule has 0 radical (unpaired) electrons. The molecule has 0 spiro atoms. The number of aryl methyl sites for hydroxylation is 1. The summed E-state index contributed by atoms with van der Waals surface area (Å²) in [5, 5.41) is 10.5. The second kappa shape index (κ2) is 7.27. The van der Waals surface area contributed by atoms with Gasteiger partial charge in [0.2, 0.25) is 0 Å². The summed E-state index contributed by atoms with van der Waals surface area (Å²) >= 11 is 0. The molecule has 0 saturated carbocycles. The van der Waals surface area contributed by atoms with E-state index in [9.17, 15) is 18.3 Å². The van der Waals surface area contributed by atoms with Gasteiger partial charge in [0.1, 0.15) is 0 Å². The Morgan fingerprint density at radius 3 is 2.04 bits per heavy atom. The second-order valence-electron chi connectivity index (χ2n) is 6.95. The smallest absolute Gasteiger partial charge is 0.261 e. The normalized spacial score (nSPS) is 12.0. The lowest BCUT2D eigenvalue weighted by atomic mass is 9.87. The predicted octanol–water partition coefficient (Wildman–Crippen LogP) is 2.47. The molecule has 0 heterocycles. The molecule has 0 aliphatic carbocycles. The van der Waals surface area contributed by atoms with Gasteiger partial charge in [0.05, 0.1) is 4.90 Å². The van der Waals surface area contributed by atoms with E-state index < -0.39 is 16.0 Å². The molecule has 2 rings (SSSR count). The maximum absolute atomic E-state index is 12.4. The molecule has 1 N–H and O–H groups in total. The van der Waals surface area contributed by atoms with Crippen molar-refractivity contribution in [3.8, 4) is 0 Å². The molecule has 0 unspecified atom stereocenters. The first-order chi connectivity index (χ1) is 11.6. The molecule has 0 bridgehead atoms. The van der Waals surface area contributed by atoms with Crippen LogP contribution >= 0.6 is 0 Å². The lowest BCUT2D eigenvalue weighted by Crippen LogP contribution is -2.22. The largest absolute Gasteiger partial charge is 0.550 e. The third-order valence-corrected chi connectivity index (χ3v) is 5.25. The van der Waals surface area contributed by atoms with Crippen molar-refractivity contribution in [2.45, 2.75) is 43.9 Å². The Bertz CT molecular complexity index is 832. The Morgan fingerprint density at radius 2 is 1.56 bits per heavy atom. The van der Waals surface area contributed by atoms with E-state index in [2.05, 4.69) is 25.5 Å². The first-order valence-corrected chi connectivity index (χ1v) is 9.48. The fraction of sp³-hybridized carbons (Fsp3) is 0.316. The van der Waals surface area contributed by atoms with Crippen molar-refractivity contribution in [3.05, 3.63) is 59.7 Å². The van der Waals surface area contributed by atoms with E-state index in [1.54, 1.807) is 24.3 Å². The van der Waals surface area contributed by atoms with Gasteiger partial charge in [0.25, 0.3) is 10.0 Å². The Morgan fingerprint density at radius 1 is 1.00 bits per heavy atom. The standard InChI is InChI=1S/C19H23NO4S/c1-19(2,3)15-7-9-16(10-8-15)20-25(23,24)17-11-4-14(5-12-17)6-13-18(21)22/h4-5,7-12,20H,6,13H2,1-3H3,(H,21,22)/p-1. The van der Waals surface area contributed by atoms with Crippen LogP contribution in [0.15, 0.2) is 53.4 Å². The Balaban J connectivity index is 2.12. The fourth-order valence-electron chi connectivity index (χ4n) is 2.33. The van der Waals surface area contributed by atoms with Gasteiger partial charge in [-0.15, -0.1) is 0 Å². The molecule has 0 aromatic heterocycles. The van der Waals surface area contributed by atoms with Gasteiger partial charge in [-0.05, 0) is 53.6 Å². The van der Waals surface area contributed by atoms with Gasteiger partial charge in [0.15, 0.2) is 0 Å². The molecule has 0 aliphatic rings. The minimum atomic E-state index is -3.69. The van der Waals surface area contributed by atoms with E-state index in [1.807, 2.05) is 12.1 Å². The molecular formula is C19H22NO4S-. The van der Waals surface area contributed by atoms with Crippen LogP contribution in [-0.2, 0) is 26.7 Å². The van der Waals surface area contributed by atoms with E-state index in [1.165, 1.54) is 12.1 Å². The summed E-state index contributed by atoms with van der Waals surface area (Å²) in [6.45, 7) is 6.27. The molecule has 0 fully saturated rings. The van der Waals surface area contributed by atoms with Gasteiger partial charge >= 0.3 is 0 Å². The number of carboxylic acids is 1. The lowest BCUT2D eigenvalue weighted by Gasteiger charge is -2.19. The van der Waals surface area contributed by atoms with Crippen molar-refractivity contribution in [3.63, 3.8) is 0 Å². The molecule has 0 atom stereocenters. The molecule has 6 heteroatoms. The van der Waals surface area contributed by atoms with E-state index in [0.717, 1.165) is 11.1 Å². The van der Waals surface area contributed by atoms with Crippen molar-refractivity contribution in [1.29, 1.82) is 0 Å². The highest BCUT2D eigenvalue weighted by Crippen LogP contribution is 2.24. The quantitative estimate of drug-likeness (QED) is 0.857. The van der Waals surface area contributed by atoms with Gasteiger partial charge < -0.3 is 9.90 Å². The zero-order valence-corrected chi connectivity index (χ0v) is 15.4. The van der Waals surface area contributed by atoms with Crippen molar-refractivity contribution in [2.75, 3.05) is 4.72 Å². The van der Waals surface area contributed by atoms with Crippen LogP contribution in [0.2, 0.25) is 0 Å². The second-order valence-corrected chi connectivity index (χ2v) is 8.63. The molecule has 25 heavy (non-hydrogen) atoms. The van der Waals surface area contributed by atoms with Gasteiger partial charge in [-0.2, -0.15) is 0 Å². The number of aliphatic carboxylic acids is 1. The summed E-state index contributed by atoms with van der Waals surface area (Å²) in [5.74, 6) is -1.13. The average Bonchev–Trinajstić information content (AvgIpc) is 2.52. The van der Waals surface area contributed by atoms with Crippen molar-refractivity contribution in [1.82, 2.24) is 0 Å². The first-order valence-electron chi connectivity index (χ1n) is 8.00. The highest BCUT2D eigenvalue weighted by Gasteiger charge is 2.16. The van der Waals surface area contributed by atoms with Crippen LogP contribution in [0.25, 0.3) is 0 Å². The van der Waals surface area contributed by atoms with E-state index >= 15 is 0 Å². The van der Waals surface area contributed by atoms with Crippen LogP contribution in [0.5, 0.6) is 0 Å². The summed E-state index contributed by atoms with van der Waals surface area (Å²) in [7, 11) is -3.69. The average molecular weight is 360 g/mol. The Kier molecular flexibility index (Phi) is 5.52. The first kappa shape index (κ1) is 19.0. The fourth-order valence-corrected chi connectivity index (χ4v) is 3.39. The van der Waals surface area contributed by atoms with Gasteiger partial charge in [-0.25, -0.2) is 8.42 Å². The number of anilines is 1. The van der Waals surface area contributed by atoms with Crippen LogP contribution in [0.3, 0.4) is 0 Å². The maximum atomic E-state index is 12.4. The third kappa shape index (κ3) is 5.32. The summed E-state index contributed by atoms with van der Waals surface area (Å²) in [4.78, 5) is 10.6. The number of carboxylic acid groups (broad SMARTS) is 1. The maximum Gasteiger partial charge on any atom is 0.261 e. The van der Waals surface area contributed by atoms with Crippen LogP contribution in [0.1, 0.15) is 38.3 Å².